The zero-order chi connectivity index (χ0) is 8.65. The van der Waals surface area contributed by atoms with Crippen molar-refractivity contribution in [1.29, 1.82) is 0 Å². The van der Waals surface area contributed by atoms with E-state index < -0.39 is 24.0 Å². The first-order valence-electron chi connectivity index (χ1n) is 3.74. The topological polar surface area (TPSA) is 75.7 Å². The van der Waals surface area contributed by atoms with Crippen LogP contribution in [0, 0.1) is 0 Å². The first-order valence-corrected chi connectivity index (χ1v) is 3.74. The molecule has 4 atom stereocenters. The van der Waals surface area contributed by atoms with Crippen LogP contribution in [0.1, 0.15) is 20.3 Å². The Morgan fingerprint density at radius 3 is 2.55 bits per heavy atom. The van der Waals surface area contributed by atoms with Crippen molar-refractivity contribution in [2.45, 2.75) is 44.3 Å². The first-order chi connectivity index (χ1) is 4.93. The van der Waals surface area contributed by atoms with Crippen LogP contribution < -0.4 is 5.73 Å². The Labute approximate surface area is 66.0 Å². The molecule has 0 saturated carbocycles. The van der Waals surface area contributed by atoms with Crippen molar-refractivity contribution in [1.82, 2.24) is 0 Å². The summed E-state index contributed by atoms with van der Waals surface area (Å²) < 4.78 is 4.96. The molecule has 1 saturated heterocycles. The van der Waals surface area contributed by atoms with Crippen LogP contribution in [0.5, 0.6) is 0 Å². The van der Waals surface area contributed by atoms with Gasteiger partial charge < -0.3 is 20.7 Å². The second kappa shape index (κ2) is 2.71. The van der Waals surface area contributed by atoms with Crippen LogP contribution in [0.25, 0.3) is 0 Å². The molecule has 0 spiro atoms. The molecular formula is C7H15NO3. The van der Waals surface area contributed by atoms with Crippen LogP contribution in [0.3, 0.4) is 0 Å². The quantitative estimate of drug-likeness (QED) is 0.434. The summed E-state index contributed by atoms with van der Waals surface area (Å²) in [4.78, 5) is 0. The van der Waals surface area contributed by atoms with E-state index in [4.69, 9.17) is 15.6 Å². The van der Waals surface area contributed by atoms with E-state index in [1.165, 1.54) is 0 Å². The fraction of sp³-hybridized carbons (Fsp3) is 1.00. The first kappa shape index (κ1) is 8.93. The highest BCUT2D eigenvalue weighted by Gasteiger charge is 2.40. The monoisotopic (exact) mass is 161 g/mol. The van der Waals surface area contributed by atoms with Gasteiger partial charge in [-0.2, -0.15) is 0 Å². The minimum atomic E-state index is -0.844. The third-order valence-corrected chi connectivity index (χ3v) is 2.11. The number of nitrogens with two attached hydrogens (primary N) is 1. The van der Waals surface area contributed by atoms with Gasteiger partial charge in [-0.25, -0.2) is 0 Å². The lowest BCUT2D eigenvalue weighted by Gasteiger charge is -2.41. The second-order valence-electron chi connectivity index (χ2n) is 3.45. The Morgan fingerprint density at radius 2 is 2.09 bits per heavy atom. The maximum Gasteiger partial charge on any atom is 0.156 e. The summed E-state index contributed by atoms with van der Waals surface area (Å²) in [6.07, 6.45) is -1.67. The fourth-order valence-electron chi connectivity index (χ4n) is 1.40. The van der Waals surface area contributed by atoms with Gasteiger partial charge in [-0.15, -0.1) is 0 Å². The molecule has 4 N–H and O–H groups in total. The van der Waals surface area contributed by atoms with Crippen LogP contribution in [0.2, 0.25) is 0 Å². The molecule has 11 heavy (non-hydrogen) atoms. The molecule has 0 aliphatic carbocycles. The fourth-order valence-corrected chi connectivity index (χ4v) is 1.40. The van der Waals surface area contributed by atoms with Crippen LogP contribution in [-0.2, 0) is 4.74 Å². The van der Waals surface area contributed by atoms with Gasteiger partial charge in [0.25, 0.3) is 0 Å². The van der Waals surface area contributed by atoms with E-state index >= 15 is 0 Å². The van der Waals surface area contributed by atoms with E-state index in [1.807, 2.05) is 0 Å². The maximum atomic E-state index is 9.46. The largest absolute Gasteiger partial charge is 0.389 e. The molecule has 0 aromatic carbocycles. The number of ether oxygens (including phenoxy) is 1. The molecule has 0 unspecified atom stereocenters. The Balaban J connectivity index is 2.67. The lowest BCUT2D eigenvalue weighted by molar-refractivity contribution is -0.215. The minimum Gasteiger partial charge on any atom is -0.389 e. The third kappa shape index (κ3) is 1.70. The molecule has 1 aliphatic rings. The number of aliphatic hydroxyl groups excluding tert-OH is 2. The zero-order valence-electron chi connectivity index (χ0n) is 6.82. The third-order valence-electron chi connectivity index (χ3n) is 2.11. The van der Waals surface area contributed by atoms with E-state index in [0.29, 0.717) is 0 Å². The number of hydrogen-bond acceptors (Lipinski definition) is 4. The van der Waals surface area contributed by atoms with Gasteiger partial charge >= 0.3 is 0 Å². The zero-order valence-corrected chi connectivity index (χ0v) is 6.82. The van der Waals surface area contributed by atoms with Gasteiger partial charge in [-0.1, -0.05) is 0 Å². The van der Waals surface area contributed by atoms with E-state index in [0.717, 1.165) is 0 Å². The summed E-state index contributed by atoms with van der Waals surface area (Å²) in [5, 5.41) is 18.6. The van der Waals surface area contributed by atoms with Gasteiger partial charge in [0, 0.05) is 12.0 Å². The highest BCUT2D eigenvalue weighted by molar-refractivity contribution is 4.94. The van der Waals surface area contributed by atoms with Crippen molar-refractivity contribution < 1.29 is 14.9 Å². The van der Waals surface area contributed by atoms with Gasteiger partial charge in [0.05, 0.1) is 12.2 Å². The van der Waals surface area contributed by atoms with Crippen molar-refractivity contribution in [2.75, 3.05) is 0 Å². The Bertz CT molecular complexity index is 149. The van der Waals surface area contributed by atoms with Gasteiger partial charge in [-0.05, 0) is 13.8 Å². The van der Waals surface area contributed by atoms with Crippen LogP contribution in [0.4, 0.5) is 0 Å². The number of aliphatic hydroxyl groups is 2. The van der Waals surface area contributed by atoms with Gasteiger partial charge in [0.15, 0.2) is 6.29 Å². The Kier molecular flexibility index (Phi) is 2.20. The highest BCUT2D eigenvalue weighted by atomic mass is 16.6. The van der Waals surface area contributed by atoms with Gasteiger partial charge in [0.2, 0.25) is 0 Å². The predicted octanol–water partition coefficient (Wildman–Crippen LogP) is -0.808. The SMILES string of the molecule is C[C@H]1O[C@H](O)C[C@](C)(N)[C@@H]1O. The Morgan fingerprint density at radius 1 is 1.55 bits per heavy atom. The Hall–Kier alpha value is -0.160. The summed E-state index contributed by atoms with van der Waals surface area (Å²) >= 11 is 0. The standard InChI is InChI=1S/C7H15NO3/c1-4-6(10)7(2,8)3-5(9)11-4/h4-6,9-10H,3,8H2,1-2H3/t4-,5+,6-,7+/m1/s1. The second-order valence-corrected chi connectivity index (χ2v) is 3.45. The highest BCUT2D eigenvalue weighted by Crippen LogP contribution is 2.25. The molecular weight excluding hydrogens is 146 g/mol. The molecule has 4 nitrogen and oxygen atoms in total. The van der Waals surface area contributed by atoms with Gasteiger partial charge in [-0.3, -0.25) is 0 Å². The molecule has 0 aromatic heterocycles. The van der Waals surface area contributed by atoms with Crippen molar-refractivity contribution in [3.63, 3.8) is 0 Å². The summed E-state index contributed by atoms with van der Waals surface area (Å²) in [6.45, 7) is 3.40. The van der Waals surface area contributed by atoms with Crippen LogP contribution >= 0.6 is 0 Å². The molecule has 0 bridgehead atoms. The van der Waals surface area contributed by atoms with E-state index in [-0.39, 0.29) is 6.42 Å². The maximum absolute atomic E-state index is 9.46. The lowest BCUT2D eigenvalue weighted by atomic mass is 9.86. The van der Waals surface area contributed by atoms with Crippen LogP contribution in [0.15, 0.2) is 0 Å². The molecule has 0 radical (unpaired) electrons. The summed E-state index contributed by atoms with van der Waals surface area (Å²) in [6, 6.07) is 0. The summed E-state index contributed by atoms with van der Waals surface area (Å²) in [5.41, 5.74) is 4.97. The van der Waals surface area contributed by atoms with Crippen molar-refractivity contribution >= 4 is 0 Å². The minimum absolute atomic E-state index is 0.276. The average molecular weight is 161 g/mol. The number of rotatable bonds is 0. The predicted molar refractivity (Wildman–Crippen MR) is 39.8 cm³/mol. The molecule has 66 valence electrons. The smallest absolute Gasteiger partial charge is 0.156 e. The van der Waals surface area contributed by atoms with Crippen molar-refractivity contribution in [2.24, 2.45) is 5.73 Å². The molecule has 0 aromatic rings. The van der Waals surface area contributed by atoms with Gasteiger partial charge in [0.1, 0.15) is 0 Å². The van der Waals surface area contributed by atoms with E-state index in [9.17, 15) is 5.11 Å². The number of hydrogen-bond donors (Lipinski definition) is 3. The molecule has 1 fully saturated rings. The summed E-state index contributed by atoms with van der Waals surface area (Å²) in [5.74, 6) is 0. The molecule has 1 heterocycles. The summed E-state index contributed by atoms with van der Waals surface area (Å²) in [7, 11) is 0. The molecule has 1 rings (SSSR count). The van der Waals surface area contributed by atoms with E-state index in [1.54, 1.807) is 13.8 Å². The molecule has 4 heteroatoms. The van der Waals surface area contributed by atoms with E-state index in [2.05, 4.69) is 0 Å². The average Bonchev–Trinajstić information content (AvgIpc) is 1.81. The van der Waals surface area contributed by atoms with Crippen molar-refractivity contribution in [3.8, 4) is 0 Å². The molecule has 1 aliphatic heterocycles. The normalized spacial score (nSPS) is 52.6. The van der Waals surface area contributed by atoms with Crippen LogP contribution in [-0.4, -0.2) is 34.2 Å². The lowest BCUT2D eigenvalue weighted by Crippen LogP contribution is -2.59. The van der Waals surface area contributed by atoms with Crippen molar-refractivity contribution in [3.05, 3.63) is 0 Å². The molecule has 0 amide bonds.